The second-order valence-electron chi connectivity index (χ2n) is 8.91. The minimum absolute atomic E-state index is 0.119. The summed E-state index contributed by atoms with van der Waals surface area (Å²) in [6.45, 7) is 0. The Balaban J connectivity index is 1.54. The summed E-state index contributed by atoms with van der Waals surface area (Å²) >= 11 is 0. The Bertz CT molecular complexity index is 1670. The number of aromatic nitrogens is 2. The molecule has 0 radical (unpaired) electrons. The van der Waals surface area contributed by atoms with Crippen LogP contribution < -0.4 is 19.5 Å². The van der Waals surface area contributed by atoms with E-state index in [0.29, 0.717) is 45.0 Å². The highest BCUT2D eigenvalue weighted by Gasteiger charge is 2.24. The number of hydrogen-bond acceptors (Lipinski definition) is 6. The summed E-state index contributed by atoms with van der Waals surface area (Å²) in [5, 5.41) is 14.2. The van der Waals surface area contributed by atoms with Gasteiger partial charge in [-0.1, -0.05) is 36.4 Å². The lowest BCUT2D eigenvalue weighted by molar-refractivity contribution is -0.139. The Hall–Kier alpha value is -5.05. The molecular formula is C30H27N3O6. The number of hydrogen-bond donors (Lipinski definition) is 3. The number of carboxylic acids is 1. The summed E-state index contributed by atoms with van der Waals surface area (Å²) in [4.78, 5) is 33.7. The van der Waals surface area contributed by atoms with Gasteiger partial charge in [-0.25, -0.2) is 9.78 Å². The van der Waals surface area contributed by atoms with Crippen molar-refractivity contribution in [2.24, 2.45) is 0 Å². The molecule has 1 amide bonds. The first kappa shape index (κ1) is 25.6. The summed E-state index contributed by atoms with van der Waals surface area (Å²) in [7, 11) is 4.56. The Morgan fingerprint density at radius 2 is 1.59 bits per heavy atom. The van der Waals surface area contributed by atoms with E-state index in [1.807, 2.05) is 30.3 Å². The maximum absolute atomic E-state index is 13.6. The molecule has 0 aliphatic carbocycles. The van der Waals surface area contributed by atoms with E-state index in [1.165, 1.54) is 21.3 Å². The van der Waals surface area contributed by atoms with Crippen LogP contribution in [0.3, 0.4) is 0 Å². The third-order valence-corrected chi connectivity index (χ3v) is 6.62. The molecule has 39 heavy (non-hydrogen) atoms. The Labute approximate surface area is 224 Å². The number of aromatic amines is 1. The van der Waals surface area contributed by atoms with Gasteiger partial charge in [-0.2, -0.15) is 0 Å². The highest BCUT2D eigenvalue weighted by atomic mass is 16.5. The van der Waals surface area contributed by atoms with E-state index in [0.717, 1.165) is 16.5 Å². The van der Waals surface area contributed by atoms with E-state index in [1.54, 1.807) is 42.6 Å². The van der Waals surface area contributed by atoms with Crippen LogP contribution in [-0.2, 0) is 11.2 Å². The molecule has 1 atom stereocenters. The number of H-pyrrole nitrogens is 1. The zero-order valence-electron chi connectivity index (χ0n) is 21.6. The fourth-order valence-corrected chi connectivity index (χ4v) is 4.70. The molecule has 0 fully saturated rings. The minimum Gasteiger partial charge on any atom is -0.493 e. The van der Waals surface area contributed by atoms with E-state index < -0.39 is 17.9 Å². The number of amides is 1. The number of aliphatic carboxylic acids is 1. The van der Waals surface area contributed by atoms with Crippen LogP contribution in [0.2, 0.25) is 0 Å². The Kier molecular flexibility index (Phi) is 7.05. The molecular weight excluding hydrogens is 498 g/mol. The van der Waals surface area contributed by atoms with Gasteiger partial charge in [0.05, 0.1) is 38.1 Å². The van der Waals surface area contributed by atoms with Crippen LogP contribution in [0.15, 0.2) is 72.9 Å². The van der Waals surface area contributed by atoms with Crippen molar-refractivity contribution in [1.29, 1.82) is 0 Å². The molecule has 0 saturated heterocycles. The number of carboxylic acid groups (broad SMARTS) is 1. The fourth-order valence-electron chi connectivity index (χ4n) is 4.70. The molecule has 2 heterocycles. The van der Waals surface area contributed by atoms with Crippen LogP contribution in [0, 0.1) is 0 Å². The third kappa shape index (κ3) is 4.94. The third-order valence-electron chi connectivity index (χ3n) is 6.62. The second-order valence-corrected chi connectivity index (χ2v) is 8.91. The first-order valence-corrected chi connectivity index (χ1v) is 12.2. The van der Waals surface area contributed by atoms with E-state index in [9.17, 15) is 14.7 Å². The molecule has 0 saturated carbocycles. The fraction of sp³-hybridized carbons (Fsp3) is 0.167. The Morgan fingerprint density at radius 1 is 0.923 bits per heavy atom. The van der Waals surface area contributed by atoms with Crippen molar-refractivity contribution in [3.63, 3.8) is 0 Å². The molecule has 5 aromatic rings. The monoisotopic (exact) mass is 525 g/mol. The molecule has 3 aromatic carbocycles. The van der Waals surface area contributed by atoms with Gasteiger partial charge in [0.15, 0.2) is 11.5 Å². The summed E-state index contributed by atoms with van der Waals surface area (Å²) in [6, 6.07) is 18.8. The van der Waals surface area contributed by atoms with Crippen molar-refractivity contribution in [2.45, 2.75) is 12.5 Å². The maximum atomic E-state index is 13.6. The topological polar surface area (TPSA) is 123 Å². The van der Waals surface area contributed by atoms with Gasteiger partial charge in [-0.15, -0.1) is 0 Å². The lowest BCUT2D eigenvalue weighted by Crippen LogP contribution is -2.42. The average molecular weight is 526 g/mol. The molecule has 2 aromatic heterocycles. The molecule has 1 unspecified atom stereocenters. The summed E-state index contributed by atoms with van der Waals surface area (Å²) in [6.07, 6.45) is 1.89. The number of carbonyl (C=O) groups excluding carboxylic acids is 1. The summed E-state index contributed by atoms with van der Waals surface area (Å²) < 4.78 is 16.4. The van der Waals surface area contributed by atoms with Crippen molar-refractivity contribution in [3.8, 4) is 28.5 Å². The number of ether oxygens (including phenoxy) is 3. The van der Waals surface area contributed by atoms with Gasteiger partial charge in [0.1, 0.15) is 6.04 Å². The van der Waals surface area contributed by atoms with Crippen molar-refractivity contribution in [2.75, 3.05) is 21.3 Å². The van der Waals surface area contributed by atoms with Crippen molar-refractivity contribution in [1.82, 2.24) is 15.3 Å². The van der Waals surface area contributed by atoms with Gasteiger partial charge in [0.2, 0.25) is 5.75 Å². The molecule has 0 bridgehead atoms. The number of fused-ring (bicyclic) bond motifs is 2. The van der Waals surface area contributed by atoms with Gasteiger partial charge in [-0.3, -0.25) is 4.79 Å². The maximum Gasteiger partial charge on any atom is 0.326 e. The zero-order valence-corrected chi connectivity index (χ0v) is 21.6. The predicted molar refractivity (Wildman–Crippen MR) is 148 cm³/mol. The molecule has 0 aliphatic heterocycles. The second kappa shape index (κ2) is 10.7. The highest BCUT2D eigenvalue weighted by molar-refractivity contribution is 6.08. The van der Waals surface area contributed by atoms with Gasteiger partial charge in [0, 0.05) is 34.5 Å². The lowest BCUT2D eigenvalue weighted by Gasteiger charge is -2.17. The first-order valence-electron chi connectivity index (χ1n) is 12.2. The summed E-state index contributed by atoms with van der Waals surface area (Å²) in [5.41, 5.74) is 3.71. The van der Waals surface area contributed by atoms with E-state index in [2.05, 4.69) is 10.3 Å². The predicted octanol–water partition coefficient (Wildman–Crippen LogP) is 4.83. The minimum atomic E-state index is -1.15. The van der Waals surface area contributed by atoms with Crippen LogP contribution in [0.5, 0.6) is 17.2 Å². The molecule has 9 heteroatoms. The molecule has 9 nitrogen and oxygen atoms in total. The highest BCUT2D eigenvalue weighted by Crippen LogP contribution is 2.41. The SMILES string of the molecule is COc1cc(-c2cc(C(=O)NC(Cc3c[nH]c4ccccc34)C(=O)O)c3ccccc3n2)cc(OC)c1OC. The quantitative estimate of drug-likeness (QED) is 0.252. The van der Waals surface area contributed by atoms with Crippen LogP contribution in [0.4, 0.5) is 0 Å². The van der Waals surface area contributed by atoms with E-state index >= 15 is 0 Å². The largest absolute Gasteiger partial charge is 0.493 e. The van der Waals surface area contributed by atoms with Crippen LogP contribution >= 0.6 is 0 Å². The lowest BCUT2D eigenvalue weighted by atomic mass is 10.0. The molecule has 0 spiro atoms. The number of nitrogens with one attached hydrogen (secondary N) is 2. The van der Waals surface area contributed by atoms with Crippen LogP contribution in [-0.4, -0.2) is 54.3 Å². The zero-order chi connectivity index (χ0) is 27.5. The van der Waals surface area contributed by atoms with Crippen LogP contribution in [0.1, 0.15) is 15.9 Å². The van der Waals surface area contributed by atoms with Gasteiger partial charge < -0.3 is 29.6 Å². The number of benzene rings is 3. The first-order chi connectivity index (χ1) is 18.9. The van der Waals surface area contributed by atoms with Gasteiger partial charge >= 0.3 is 5.97 Å². The molecule has 0 aliphatic rings. The smallest absolute Gasteiger partial charge is 0.326 e. The normalized spacial score (nSPS) is 11.8. The van der Waals surface area contributed by atoms with Crippen molar-refractivity contribution in [3.05, 3.63) is 84.1 Å². The average Bonchev–Trinajstić information content (AvgIpc) is 3.37. The number of pyridine rings is 1. The van der Waals surface area contributed by atoms with Crippen molar-refractivity contribution >= 4 is 33.7 Å². The molecule has 5 rings (SSSR count). The number of nitrogens with zero attached hydrogens (tertiary/aromatic N) is 1. The molecule has 3 N–H and O–H groups in total. The van der Waals surface area contributed by atoms with E-state index in [4.69, 9.17) is 19.2 Å². The van der Waals surface area contributed by atoms with Gasteiger partial charge in [-0.05, 0) is 35.9 Å². The number of rotatable bonds is 9. The van der Waals surface area contributed by atoms with Crippen LogP contribution in [0.25, 0.3) is 33.1 Å². The Morgan fingerprint density at radius 3 is 2.26 bits per heavy atom. The number of para-hydroxylation sites is 2. The van der Waals surface area contributed by atoms with E-state index in [-0.39, 0.29) is 6.42 Å². The number of methoxy groups -OCH3 is 3. The summed E-state index contributed by atoms with van der Waals surface area (Å²) in [5.74, 6) is -0.328. The standard InChI is InChI=1S/C30H27N3O6/c1-37-26-13-17(14-27(38-2)28(26)39-3)24-15-21(20-9-5-7-11-23(20)32-24)29(34)33-25(30(35)36)12-18-16-31-22-10-6-4-8-19(18)22/h4-11,13-16,25,31H,12H2,1-3H3,(H,33,34)(H,35,36). The van der Waals surface area contributed by atoms with Crippen molar-refractivity contribution < 1.29 is 28.9 Å². The molecule has 198 valence electrons. The van der Waals surface area contributed by atoms with Gasteiger partial charge in [0.25, 0.3) is 5.91 Å². The number of carbonyl (C=O) groups is 2.